The fraction of sp³-hybridized carbons (Fsp3) is 1.00. The van der Waals surface area contributed by atoms with Gasteiger partial charge in [0.15, 0.2) is 6.29 Å². The molecule has 0 spiro atoms. The number of aliphatic hydroxyl groups excluding tert-OH is 2. The van der Waals surface area contributed by atoms with E-state index in [9.17, 15) is 5.11 Å². The van der Waals surface area contributed by atoms with Crippen molar-refractivity contribution in [3.63, 3.8) is 0 Å². The molecule has 1 saturated heterocycles. The van der Waals surface area contributed by atoms with E-state index in [1.807, 2.05) is 0 Å². The molecule has 6 heteroatoms. The van der Waals surface area contributed by atoms with Crippen LogP contribution in [0.4, 0.5) is 0 Å². The van der Waals surface area contributed by atoms with E-state index in [0.29, 0.717) is 6.42 Å². The second-order valence-corrected chi connectivity index (χ2v) is 2.75. The highest BCUT2D eigenvalue weighted by Gasteiger charge is 2.26. The third kappa shape index (κ3) is 2.67. The number of hydrogen-bond acceptors (Lipinski definition) is 4. The average molecular weight is 173 g/mol. The summed E-state index contributed by atoms with van der Waals surface area (Å²) in [5, 5.41) is 21.5. The first-order chi connectivity index (χ1) is 5.72. The van der Waals surface area contributed by atoms with Crippen LogP contribution in [0, 0.1) is 0 Å². The van der Waals surface area contributed by atoms with Crippen LogP contribution in [-0.2, 0) is 4.74 Å². The van der Waals surface area contributed by atoms with Gasteiger partial charge in [0.25, 0.3) is 0 Å². The first-order valence-corrected chi connectivity index (χ1v) is 3.75. The monoisotopic (exact) mass is 173 g/mol. The van der Waals surface area contributed by atoms with E-state index in [-0.39, 0.29) is 19.1 Å². The van der Waals surface area contributed by atoms with Crippen LogP contribution in [0.3, 0.4) is 0 Å². The summed E-state index contributed by atoms with van der Waals surface area (Å²) in [5.41, 5.74) is 8.01. The predicted molar refractivity (Wildman–Crippen MR) is 40.1 cm³/mol. The summed E-state index contributed by atoms with van der Waals surface area (Å²) in [6.45, 7) is 0.157. The van der Waals surface area contributed by atoms with E-state index in [1.165, 1.54) is 0 Å². The summed E-state index contributed by atoms with van der Waals surface area (Å²) in [5.74, 6) is 0. The van der Waals surface area contributed by atoms with Crippen LogP contribution in [0.2, 0.25) is 0 Å². The molecule has 0 radical (unpaired) electrons. The number of nitrogens with zero attached hydrogens (tertiary/aromatic N) is 3. The lowest BCUT2D eigenvalue weighted by atomic mass is 10.1. The van der Waals surface area contributed by atoms with Gasteiger partial charge >= 0.3 is 0 Å². The molecule has 1 aliphatic heterocycles. The highest BCUT2D eigenvalue weighted by molar-refractivity contribution is 4.74. The SMILES string of the molecule is [N-]=[N+]=NC[C@@H]1C[C@@H](O)C[C@H](O)O1. The van der Waals surface area contributed by atoms with Gasteiger partial charge in [-0.25, -0.2) is 0 Å². The maximum absolute atomic E-state index is 9.17. The molecule has 2 N–H and O–H groups in total. The molecule has 1 heterocycles. The number of ether oxygens (including phenoxy) is 1. The van der Waals surface area contributed by atoms with Crippen molar-refractivity contribution in [2.24, 2.45) is 5.11 Å². The number of rotatable bonds is 2. The van der Waals surface area contributed by atoms with Gasteiger partial charge in [-0.15, -0.1) is 0 Å². The normalized spacial score (nSPS) is 35.7. The second kappa shape index (κ2) is 4.27. The van der Waals surface area contributed by atoms with Gasteiger partial charge in [-0.2, -0.15) is 0 Å². The van der Waals surface area contributed by atoms with Crippen LogP contribution in [0.5, 0.6) is 0 Å². The third-order valence-corrected chi connectivity index (χ3v) is 1.71. The summed E-state index contributed by atoms with van der Waals surface area (Å²) in [6, 6.07) is 0. The molecule has 0 aliphatic carbocycles. The standard InChI is InChI=1S/C6H11N3O3/c7-9-8-3-5-1-4(10)2-6(11)12-5/h4-6,10-11H,1-3H2/t4-,5+,6-/m1/s1. The Morgan fingerprint density at radius 1 is 1.50 bits per heavy atom. The van der Waals surface area contributed by atoms with Gasteiger partial charge in [0.1, 0.15) is 0 Å². The fourth-order valence-electron chi connectivity index (χ4n) is 1.21. The molecular weight excluding hydrogens is 162 g/mol. The van der Waals surface area contributed by atoms with E-state index in [2.05, 4.69) is 10.0 Å². The minimum atomic E-state index is -0.937. The Morgan fingerprint density at radius 3 is 2.83 bits per heavy atom. The Labute approximate surface area is 69.4 Å². The van der Waals surface area contributed by atoms with Crippen molar-refractivity contribution in [2.45, 2.75) is 31.3 Å². The van der Waals surface area contributed by atoms with Crippen LogP contribution < -0.4 is 0 Å². The Bertz CT molecular complexity index is 182. The zero-order chi connectivity index (χ0) is 8.97. The van der Waals surface area contributed by atoms with Gasteiger partial charge in [0, 0.05) is 11.3 Å². The Balaban J connectivity index is 2.38. The van der Waals surface area contributed by atoms with Crippen LogP contribution in [0.25, 0.3) is 10.4 Å². The van der Waals surface area contributed by atoms with Crippen molar-refractivity contribution in [3.8, 4) is 0 Å². The molecule has 0 bridgehead atoms. The molecule has 0 saturated carbocycles. The van der Waals surface area contributed by atoms with Crippen molar-refractivity contribution >= 4 is 0 Å². The van der Waals surface area contributed by atoms with Crippen LogP contribution in [-0.4, -0.2) is 35.3 Å². The van der Waals surface area contributed by atoms with E-state index in [1.54, 1.807) is 0 Å². The molecule has 6 nitrogen and oxygen atoms in total. The zero-order valence-electron chi connectivity index (χ0n) is 6.50. The molecule has 0 aromatic carbocycles. The Hall–Kier alpha value is -0.810. The maximum atomic E-state index is 9.17. The molecule has 0 aromatic heterocycles. The fourth-order valence-corrected chi connectivity index (χ4v) is 1.21. The van der Waals surface area contributed by atoms with Gasteiger partial charge in [-0.3, -0.25) is 0 Å². The lowest BCUT2D eigenvalue weighted by molar-refractivity contribution is -0.185. The highest BCUT2D eigenvalue weighted by Crippen LogP contribution is 2.18. The number of hydrogen-bond donors (Lipinski definition) is 2. The molecule has 1 aliphatic rings. The van der Waals surface area contributed by atoms with Gasteiger partial charge in [-0.05, 0) is 12.0 Å². The average Bonchev–Trinajstić information content (AvgIpc) is 1.99. The molecule has 0 amide bonds. The summed E-state index contributed by atoms with van der Waals surface area (Å²) >= 11 is 0. The lowest BCUT2D eigenvalue weighted by Gasteiger charge is -2.29. The van der Waals surface area contributed by atoms with Crippen LogP contribution in [0.1, 0.15) is 12.8 Å². The maximum Gasteiger partial charge on any atom is 0.157 e. The zero-order valence-corrected chi connectivity index (χ0v) is 6.50. The Morgan fingerprint density at radius 2 is 2.25 bits per heavy atom. The molecule has 0 unspecified atom stereocenters. The number of aliphatic hydroxyl groups is 2. The smallest absolute Gasteiger partial charge is 0.157 e. The molecule has 68 valence electrons. The largest absolute Gasteiger partial charge is 0.393 e. The Kier molecular flexibility index (Phi) is 3.31. The van der Waals surface area contributed by atoms with Gasteiger partial charge < -0.3 is 14.9 Å². The quantitative estimate of drug-likeness (QED) is 0.353. The van der Waals surface area contributed by atoms with E-state index >= 15 is 0 Å². The van der Waals surface area contributed by atoms with Crippen molar-refractivity contribution in [3.05, 3.63) is 10.4 Å². The van der Waals surface area contributed by atoms with Crippen molar-refractivity contribution in [1.82, 2.24) is 0 Å². The predicted octanol–water partition coefficient (Wildman–Crippen LogP) is 0.155. The van der Waals surface area contributed by atoms with Crippen molar-refractivity contribution < 1.29 is 14.9 Å². The summed E-state index contributed by atoms with van der Waals surface area (Å²) < 4.78 is 4.99. The minimum absolute atomic E-state index is 0.157. The highest BCUT2D eigenvalue weighted by atomic mass is 16.6. The molecule has 12 heavy (non-hydrogen) atoms. The van der Waals surface area contributed by atoms with Gasteiger partial charge in [0.2, 0.25) is 0 Å². The summed E-state index contributed by atoms with van der Waals surface area (Å²) in [4.78, 5) is 2.56. The van der Waals surface area contributed by atoms with Crippen molar-refractivity contribution in [1.29, 1.82) is 0 Å². The lowest BCUT2D eigenvalue weighted by Crippen LogP contribution is -2.36. The van der Waals surface area contributed by atoms with E-state index in [0.717, 1.165) is 0 Å². The first kappa shape index (κ1) is 9.28. The van der Waals surface area contributed by atoms with Crippen LogP contribution in [0.15, 0.2) is 5.11 Å². The van der Waals surface area contributed by atoms with Gasteiger partial charge in [-0.1, -0.05) is 5.11 Å². The summed E-state index contributed by atoms with van der Waals surface area (Å²) in [7, 11) is 0. The molecule has 1 rings (SSSR count). The first-order valence-electron chi connectivity index (χ1n) is 3.75. The van der Waals surface area contributed by atoms with Crippen molar-refractivity contribution in [2.75, 3.05) is 6.54 Å². The third-order valence-electron chi connectivity index (χ3n) is 1.71. The van der Waals surface area contributed by atoms with Crippen LogP contribution >= 0.6 is 0 Å². The molecule has 0 aromatic rings. The van der Waals surface area contributed by atoms with Gasteiger partial charge in [0.05, 0.1) is 18.8 Å². The topological polar surface area (TPSA) is 98.5 Å². The van der Waals surface area contributed by atoms with E-state index < -0.39 is 12.4 Å². The number of azide groups is 1. The molecular formula is C6H11N3O3. The minimum Gasteiger partial charge on any atom is -0.393 e. The summed E-state index contributed by atoms with van der Waals surface area (Å²) in [6.07, 6.45) is -1.22. The molecule has 3 atom stereocenters. The van der Waals surface area contributed by atoms with E-state index in [4.69, 9.17) is 15.4 Å². The molecule has 1 fully saturated rings. The second-order valence-electron chi connectivity index (χ2n) is 2.75.